The number of halogens is 2. The van der Waals surface area contributed by atoms with Gasteiger partial charge in [0.25, 0.3) is 0 Å². The van der Waals surface area contributed by atoms with Gasteiger partial charge in [0.15, 0.2) is 11.6 Å². The van der Waals surface area contributed by atoms with Crippen molar-refractivity contribution >= 4 is 12.6 Å². The molecule has 98 valence electrons. The third-order valence-electron chi connectivity index (χ3n) is 2.57. The molecule has 0 unspecified atom stereocenters. The van der Waals surface area contributed by atoms with Gasteiger partial charge in [-0.1, -0.05) is 24.3 Å². The van der Waals surface area contributed by atoms with Gasteiger partial charge in [-0.25, -0.2) is 8.78 Å². The molecule has 2 aromatic carbocycles. The number of rotatable bonds is 4. The molecule has 0 heterocycles. The Labute approximate surface area is 109 Å². The molecule has 2 rings (SSSR count). The molecule has 0 spiro atoms. The van der Waals surface area contributed by atoms with Crippen molar-refractivity contribution in [1.82, 2.24) is 0 Å². The van der Waals surface area contributed by atoms with E-state index in [9.17, 15) is 8.78 Å². The van der Waals surface area contributed by atoms with E-state index in [0.717, 1.165) is 18.2 Å². The van der Waals surface area contributed by atoms with Gasteiger partial charge in [0.1, 0.15) is 12.4 Å². The quantitative estimate of drug-likeness (QED) is 0.816. The van der Waals surface area contributed by atoms with Crippen LogP contribution in [0.5, 0.6) is 5.75 Å². The number of hydrogen-bond acceptors (Lipinski definition) is 3. The topological polar surface area (TPSA) is 49.7 Å². The second-order valence-corrected chi connectivity index (χ2v) is 3.98. The van der Waals surface area contributed by atoms with Gasteiger partial charge in [0.2, 0.25) is 0 Å². The Morgan fingerprint density at radius 3 is 2.32 bits per heavy atom. The molecule has 0 aromatic heterocycles. The predicted octanol–water partition coefficient (Wildman–Crippen LogP) is 1.22. The highest BCUT2D eigenvalue weighted by atomic mass is 19.1. The monoisotopic (exact) mass is 264 g/mol. The second kappa shape index (κ2) is 5.82. The van der Waals surface area contributed by atoms with Gasteiger partial charge in [-0.3, -0.25) is 0 Å². The zero-order chi connectivity index (χ0) is 13.8. The van der Waals surface area contributed by atoms with Crippen LogP contribution in [0, 0.1) is 11.6 Å². The molecule has 3 nitrogen and oxygen atoms in total. The van der Waals surface area contributed by atoms with Crippen LogP contribution < -0.4 is 10.2 Å². The SMILES string of the molecule is OB(O)c1ccc(COc2cc(F)ccc2F)cc1. The maximum absolute atomic E-state index is 13.3. The maximum Gasteiger partial charge on any atom is 0.488 e. The van der Waals surface area contributed by atoms with Crippen molar-refractivity contribution in [3.05, 3.63) is 59.7 Å². The van der Waals surface area contributed by atoms with Crippen molar-refractivity contribution in [3.8, 4) is 5.75 Å². The van der Waals surface area contributed by atoms with E-state index in [1.54, 1.807) is 12.1 Å². The van der Waals surface area contributed by atoms with Gasteiger partial charge in [0, 0.05) is 6.07 Å². The van der Waals surface area contributed by atoms with Crippen molar-refractivity contribution in [1.29, 1.82) is 0 Å². The normalized spacial score (nSPS) is 10.3. The van der Waals surface area contributed by atoms with E-state index in [1.807, 2.05) is 0 Å². The Hall–Kier alpha value is -1.92. The van der Waals surface area contributed by atoms with E-state index < -0.39 is 18.8 Å². The molecule has 6 heteroatoms. The fourth-order valence-corrected chi connectivity index (χ4v) is 1.53. The fourth-order valence-electron chi connectivity index (χ4n) is 1.53. The van der Waals surface area contributed by atoms with Crippen LogP contribution in [0.4, 0.5) is 8.78 Å². The van der Waals surface area contributed by atoms with Gasteiger partial charge >= 0.3 is 7.12 Å². The summed E-state index contributed by atoms with van der Waals surface area (Å²) in [5.74, 6) is -1.37. The maximum atomic E-state index is 13.3. The van der Waals surface area contributed by atoms with Crippen LogP contribution in [-0.2, 0) is 6.61 Å². The first kappa shape index (κ1) is 13.5. The van der Waals surface area contributed by atoms with Gasteiger partial charge in [-0.2, -0.15) is 0 Å². The van der Waals surface area contributed by atoms with E-state index in [4.69, 9.17) is 14.8 Å². The number of benzene rings is 2. The lowest BCUT2D eigenvalue weighted by atomic mass is 9.80. The van der Waals surface area contributed by atoms with E-state index >= 15 is 0 Å². The molecular weight excluding hydrogens is 253 g/mol. The first-order chi connectivity index (χ1) is 9.06. The minimum Gasteiger partial charge on any atom is -0.486 e. The molecule has 0 saturated carbocycles. The molecule has 0 saturated heterocycles. The number of hydrogen-bond donors (Lipinski definition) is 2. The highest BCUT2D eigenvalue weighted by molar-refractivity contribution is 6.58. The Balaban J connectivity index is 2.04. The molecule has 0 aliphatic carbocycles. The molecular formula is C13H11BF2O3. The average molecular weight is 264 g/mol. The van der Waals surface area contributed by atoms with Crippen molar-refractivity contribution in [2.45, 2.75) is 6.61 Å². The third-order valence-corrected chi connectivity index (χ3v) is 2.57. The summed E-state index contributed by atoms with van der Waals surface area (Å²) in [6, 6.07) is 9.26. The van der Waals surface area contributed by atoms with Crippen molar-refractivity contribution in [2.75, 3.05) is 0 Å². The Morgan fingerprint density at radius 2 is 1.68 bits per heavy atom. The average Bonchev–Trinajstić information content (AvgIpc) is 2.40. The summed E-state index contributed by atoms with van der Waals surface area (Å²) in [6.45, 7) is 0.0577. The zero-order valence-electron chi connectivity index (χ0n) is 9.88. The Kier molecular flexibility index (Phi) is 4.14. The largest absolute Gasteiger partial charge is 0.488 e. The predicted molar refractivity (Wildman–Crippen MR) is 67.0 cm³/mol. The van der Waals surface area contributed by atoms with Crippen LogP contribution in [0.2, 0.25) is 0 Å². The Bertz CT molecular complexity index is 558. The first-order valence-corrected chi connectivity index (χ1v) is 5.59. The fraction of sp³-hybridized carbons (Fsp3) is 0.0769. The highest BCUT2D eigenvalue weighted by Crippen LogP contribution is 2.19. The van der Waals surface area contributed by atoms with Crippen LogP contribution >= 0.6 is 0 Å². The van der Waals surface area contributed by atoms with Gasteiger partial charge in [0.05, 0.1) is 0 Å². The summed E-state index contributed by atoms with van der Waals surface area (Å²) in [7, 11) is -1.53. The third kappa shape index (κ3) is 3.53. The van der Waals surface area contributed by atoms with Gasteiger partial charge in [-0.05, 0) is 23.2 Å². The van der Waals surface area contributed by atoms with Crippen molar-refractivity contribution < 1.29 is 23.6 Å². The lowest BCUT2D eigenvalue weighted by Crippen LogP contribution is -2.29. The van der Waals surface area contributed by atoms with Crippen LogP contribution in [0.25, 0.3) is 0 Å². The molecule has 0 atom stereocenters. The van der Waals surface area contributed by atoms with Crippen LogP contribution in [0.1, 0.15) is 5.56 Å². The summed E-state index contributed by atoms with van der Waals surface area (Å²) in [5, 5.41) is 17.8. The molecule has 2 aromatic rings. The first-order valence-electron chi connectivity index (χ1n) is 5.59. The Morgan fingerprint density at radius 1 is 1.00 bits per heavy atom. The van der Waals surface area contributed by atoms with E-state index in [1.165, 1.54) is 12.1 Å². The molecule has 0 bridgehead atoms. The number of ether oxygens (including phenoxy) is 1. The zero-order valence-corrected chi connectivity index (χ0v) is 9.88. The van der Waals surface area contributed by atoms with Gasteiger partial charge < -0.3 is 14.8 Å². The lowest BCUT2D eigenvalue weighted by molar-refractivity contribution is 0.288. The summed E-state index contributed by atoms with van der Waals surface area (Å²) < 4.78 is 31.4. The summed E-state index contributed by atoms with van der Waals surface area (Å²) in [5.41, 5.74) is 1.05. The smallest absolute Gasteiger partial charge is 0.486 e. The van der Waals surface area contributed by atoms with Gasteiger partial charge in [-0.15, -0.1) is 0 Å². The lowest BCUT2D eigenvalue weighted by Gasteiger charge is -2.08. The summed E-state index contributed by atoms with van der Waals surface area (Å²) >= 11 is 0. The molecule has 2 N–H and O–H groups in total. The second-order valence-electron chi connectivity index (χ2n) is 3.98. The van der Waals surface area contributed by atoms with Crippen molar-refractivity contribution in [3.63, 3.8) is 0 Å². The molecule has 0 aliphatic rings. The van der Waals surface area contributed by atoms with Crippen molar-refractivity contribution in [2.24, 2.45) is 0 Å². The van der Waals surface area contributed by atoms with Crippen LogP contribution in [0.3, 0.4) is 0 Å². The molecule has 0 radical (unpaired) electrons. The van der Waals surface area contributed by atoms with E-state index in [0.29, 0.717) is 11.0 Å². The highest BCUT2D eigenvalue weighted by Gasteiger charge is 2.10. The van der Waals surface area contributed by atoms with Crippen LogP contribution in [0.15, 0.2) is 42.5 Å². The summed E-state index contributed by atoms with van der Waals surface area (Å²) in [4.78, 5) is 0. The molecule has 0 fully saturated rings. The summed E-state index contributed by atoms with van der Waals surface area (Å²) in [6.07, 6.45) is 0. The van der Waals surface area contributed by atoms with E-state index in [2.05, 4.69) is 0 Å². The molecule has 0 aliphatic heterocycles. The minimum absolute atomic E-state index is 0.0577. The van der Waals surface area contributed by atoms with Crippen LogP contribution in [-0.4, -0.2) is 17.2 Å². The minimum atomic E-state index is -1.53. The molecule has 19 heavy (non-hydrogen) atoms. The molecule has 0 amide bonds. The van der Waals surface area contributed by atoms with E-state index in [-0.39, 0.29) is 12.4 Å². The standard InChI is InChI=1S/C13H11BF2O3/c15-11-5-6-12(16)13(7-11)19-8-9-1-3-10(4-2-9)14(17)18/h1-7,17-18H,8H2.